The van der Waals surface area contributed by atoms with Crippen molar-refractivity contribution in [3.05, 3.63) is 34.3 Å². The van der Waals surface area contributed by atoms with Gasteiger partial charge in [-0.25, -0.2) is 0 Å². The van der Waals surface area contributed by atoms with E-state index in [1.165, 1.54) is 0 Å². The van der Waals surface area contributed by atoms with Gasteiger partial charge in [0.25, 0.3) is 0 Å². The molecule has 1 saturated heterocycles. The van der Waals surface area contributed by atoms with Crippen LogP contribution in [0.2, 0.25) is 5.02 Å². The molecule has 2 nitrogen and oxygen atoms in total. The Morgan fingerprint density at radius 3 is 2.52 bits per heavy atom. The summed E-state index contributed by atoms with van der Waals surface area (Å²) in [7, 11) is 0. The number of piperazine rings is 1. The Hall–Kier alpha value is -0.780. The number of nitrogens with one attached hydrogen (secondary N) is 1. The van der Waals surface area contributed by atoms with Crippen molar-refractivity contribution in [2.24, 2.45) is 0 Å². The van der Waals surface area contributed by atoms with Crippen LogP contribution in [-0.4, -0.2) is 31.1 Å². The van der Waals surface area contributed by atoms with Gasteiger partial charge in [0, 0.05) is 37.2 Å². The first kappa shape index (κ1) is 18.6. The summed E-state index contributed by atoms with van der Waals surface area (Å²) in [6.45, 7) is 5.29. The van der Waals surface area contributed by atoms with Gasteiger partial charge in [0.05, 0.1) is 5.56 Å². The number of alkyl halides is 3. The summed E-state index contributed by atoms with van der Waals surface area (Å²) in [5, 5.41) is 3.39. The molecule has 23 heavy (non-hydrogen) atoms. The summed E-state index contributed by atoms with van der Waals surface area (Å²) in [5.41, 5.74) is -0.232. The van der Waals surface area contributed by atoms with Crippen LogP contribution in [0.1, 0.15) is 49.8 Å². The fourth-order valence-electron chi connectivity index (χ4n) is 3.18. The first-order valence-electron chi connectivity index (χ1n) is 8.25. The third-order valence-electron chi connectivity index (χ3n) is 4.35. The van der Waals surface area contributed by atoms with E-state index < -0.39 is 11.7 Å². The van der Waals surface area contributed by atoms with Crippen LogP contribution in [0.25, 0.3) is 0 Å². The molecule has 6 heteroatoms. The van der Waals surface area contributed by atoms with Crippen LogP contribution < -0.4 is 5.32 Å². The lowest BCUT2D eigenvalue weighted by Gasteiger charge is -2.36. The molecule has 0 saturated carbocycles. The molecule has 0 radical (unpaired) electrons. The van der Waals surface area contributed by atoms with Crippen molar-refractivity contribution in [3.63, 3.8) is 0 Å². The summed E-state index contributed by atoms with van der Waals surface area (Å²) in [4.78, 5) is 2.17. The third-order valence-corrected chi connectivity index (χ3v) is 4.59. The Morgan fingerprint density at radius 2 is 1.91 bits per heavy atom. The molecule has 2 rings (SSSR count). The molecule has 0 aromatic heterocycles. The normalized spacial score (nSPS) is 18.1. The highest BCUT2D eigenvalue weighted by Crippen LogP contribution is 2.39. The average molecular weight is 349 g/mol. The number of benzene rings is 1. The van der Waals surface area contributed by atoms with Gasteiger partial charge in [-0.05, 0) is 24.1 Å². The maximum absolute atomic E-state index is 13.5. The fraction of sp³-hybridized carbons (Fsp3) is 0.647. The van der Waals surface area contributed by atoms with Crippen LogP contribution in [0, 0.1) is 0 Å². The fourth-order valence-corrected chi connectivity index (χ4v) is 3.35. The summed E-state index contributed by atoms with van der Waals surface area (Å²) >= 11 is 5.82. The SMILES string of the molecule is CCCCC[C@@H](c1ccc(Cl)cc1C(F)(F)F)N1CCNCC1. The van der Waals surface area contributed by atoms with Crippen molar-refractivity contribution in [2.75, 3.05) is 26.2 Å². The Bertz CT molecular complexity index is 499. The van der Waals surface area contributed by atoms with Crippen LogP contribution >= 0.6 is 11.6 Å². The van der Waals surface area contributed by atoms with Crippen LogP contribution in [0.5, 0.6) is 0 Å². The quantitative estimate of drug-likeness (QED) is 0.737. The number of unbranched alkanes of at least 4 members (excludes halogenated alkanes) is 2. The van der Waals surface area contributed by atoms with Gasteiger partial charge in [0.2, 0.25) is 0 Å². The summed E-state index contributed by atoms with van der Waals surface area (Å²) in [5.74, 6) is 0. The average Bonchev–Trinajstić information content (AvgIpc) is 2.52. The van der Waals surface area contributed by atoms with Gasteiger partial charge in [0.1, 0.15) is 0 Å². The van der Waals surface area contributed by atoms with E-state index in [9.17, 15) is 13.2 Å². The smallest absolute Gasteiger partial charge is 0.314 e. The van der Waals surface area contributed by atoms with Crippen LogP contribution in [0.15, 0.2) is 18.2 Å². The van der Waals surface area contributed by atoms with E-state index in [2.05, 4.69) is 17.1 Å². The predicted octanol–water partition coefficient (Wildman–Crippen LogP) is 4.89. The second-order valence-electron chi connectivity index (χ2n) is 6.03. The molecular weight excluding hydrogens is 325 g/mol. The first-order valence-corrected chi connectivity index (χ1v) is 8.62. The van der Waals surface area contributed by atoms with Crippen molar-refractivity contribution >= 4 is 11.6 Å². The maximum Gasteiger partial charge on any atom is 0.416 e. The zero-order valence-corrected chi connectivity index (χ0v) is 14.2. The van der Waals surface area contributed by atoms with Gasteiger partial charge < -0.3 is 5.32 Å². The molecular formula is C17H24ClF3N2. The van der Waals surface area contributed by atoms with E-state index >= 15 is 0 Å². The lowest BCUT2D eigenvalue weighted by molar-refractivity contribution is -0.138. The molecule has 1 aliphatic rings. The summed E-state index contributed by atoms with van der Waals surface area (Å²) in [6.07, 6.45) is -0.598. The van der Waals surface area contributed by atoms with Crippen molar-refractivity contribution in [3.8, 4) is 0 Å². The van der Waals surface area contributed by atoms with Gasteiger partial charge >= 0.3 is 6.18 Å². The summed E-state index contributed by atoms with van der Waals surface area (Å²) in [6, 6.07) is 3.99. The van der Waals surface area contributed by atoms with Crippen LogP contribution in [0.4, 0.5) is 13.2 Å². The van der Waals surface area contributed by atoms with Gasteiger partial charge in [-0.15, -0.1) is 0 Å². The highest BCUT2D eigenvalue weighted by atomic mass is 35.5. The van der Waals surface area contributed by atoms with E-state index in [0.717, 1.165) is 57.9 Å². The Kier molecular flexibility index (Phi) is 6.74. The lowest BCUT2D eigenvalue weighted by atomic mass is 9.93. The summed E-state index contributed by atoms with van der Waals surface area (Å²) < 4.78 is 40.4. The second kappa shape index (κ2) is 8.36. The Morgan fingerprint density at radius 1 is 1.22 bits per heavy atom. The number of halogens is 4. The van der Waals surface area contributed by atoms with Crippen molar-refractivity contribution in [1.82, 2.24) is 10.2 Å². The zero-order chi connectivity index (χ0) is 16.9. The molecule has 130 valence electrons. The number of hydrogen-bond acceptors (Lipinski definition) is 2. The van der Waals surface area contributed by atoms with Gasteiger partial charge in [-0.3, -0.25) is 4.90 Å². The molecule has 1 aromatic rings. The molecule has 1 aromatic carbocycles. The third kappa shape index (κ3) is 5.10. The van der Waals surface area contributed by atoms with Gasteiger partial charge in [-0.2, -0.15) is 13.2 Å². The minimum absolute atomic E-state index is 0.133. The number of nitrogens with zero attached hydrogens (tertiary/aromatic N) is 1. The molecule has 1 heterocycles. The van der Waals surface area contributed by atoms with E-state index in [1.54, 1.807) is 12.1 Å². The van der Waals surface area contributed by atoms with Gasteiger partial charge in [-0.1, -0.05) is 43.9 Å². The van der Waals surface area contributed by atoms with Crippen LogP contribution in [0.3, 0.4) is 0 Å². The van der Waals surface area contributed by atoms with Crippen molar-refractivity contribution < 1.29 is 13.2 Å². The largest absolute Gasteiger partial charge is 0.416 e. The highest BCUT2D eigenvalue weighted by molar-refractivity contribution is 6.30. The van der Waals surface area contributed by atoms with E-state index in [4.69, 9.17) is 11.6 Å². The predicted molar refractivity (Wildman–Crippen MR) is 87.8 cm³/mol. The number of hydrogen-bond donors (Lipinski definition) is 1. The molecule has 1 fully saturated rings. The molecule has 0 unspecified atom stereocenters. The Balaban J connectivity index is 2.33. The van der Waals surface area contributed by atoms with Crippen LogP contribution in [-0.2, 0) is 6.18 Å². The van der Waals surface area contributed by atoms with E-state index in [0.29, 0.717) is 5.56 Å². The maximum atomic E-state index is 13.5. The minimum Gasteiger partial charge on any atom is -0.314 e. The number of rotatable bonds is 6. The van der Waals surface area contributed by atoms with E-state index in [-0.39, 0.29) is 11.1 Å². The standard InChI is InChI=1S/C17H24ClF3N2/c1-2-3-4-5-16(23-10-8-22-9-11-23)14-7-6-13(18)12-15(14)17(19,20)21/h6-7,12,16,22H,2-5,8-11H2,1H3/t16-/m0/s1. The van der Waals surface area contributed by atoms with Crippen molar-refractivity contribution in [1.29, 1.82) is 0 Å². The molecule has 1 N–H and O–H groups in total. The molecule has 0 aliphatic carbocycles. The lowest BCUT2D eigenvalue weighted by Crippen LogP contribution is -2.45. The molecule has 0 amide bonds. The monoisotopic (exact) mass is 348 g/mol. The first-order chi connectivity index (χ1) is 10.9. The van der Waals surface area contributed by atoms with Gasteiger partial charge in [0.15, 0.2) is 0 Å². The minimum atomic E-state index is -4.38. The van der Waals surface area contributed by atoms with E-state index in [1.807, 2.05) is 0 Å². The highest BCUT2D eigenvalue weighted by Gasteiger charge is 2.36. The second-order valence-corrected chi connectivity index (χ2v) is 6.46. The molecule has 0 spiro atoms. The molecule has 0 bridgehead atoms. The molecule has 1 atom stereocenters. The topological polar surface area (TPSA) is 15.3 Å². The van der Waals surface area contributed by atoms with Crippen molar-refractivity contribution in [2.45, 2.75) is 44.8 Å². The molecule has 1 aliphatic heterocycles. The Labute approximate surface area is 141 Å². The zero-order valence-electron chi connectivity index (χ0n) is 13.4.